The number of carbonyl (C=O) groups excluding carboxylic acids is 3. The highest BCUT2D eigenvalue weighted by molar-refractivity contribution is 7.09. The Bertz CT molecular complexity index is 1490. The third-order valence-electron chi connectivity index (χ3n) is 7.81. The summed E-state index contributed by atoms with van der Waals surface area (Å²) in [7, 11) is 0. The Morgan fingerprint density at radius 1 is 1.11 bits per heavy atom. The summed E-state index contributed by atoms with van der Waals surface area (Å²) in [5, 5.41) is 5.68. The molecular formula is C30H34F3N5O5S. The Kier molecular flexibility index (Phi) is 9.59. The van der Waals surface area contributed by atoms with Crippen LogP contribution >= 0.6 is 11.5 Å². The van der Waals surface area contributed by atoms with Crippen molar-refractivity contribution in [3.63, 3.8) is 0 Å². The maximum absolute atomic E-state index is 14.3. The fourth-order valence-electron chi connectivity index (χ4n) is 5.53. The summed E-state index contributed by atoms with van der Waals surface area (Å²) in [4.78, 5) is 41.9. The van der Waals surface area contributed by atoms with Crippen LogP contribution in [0.2, 0.25) is 0 Å². The van der Waals surface area contributed by atoms with Gasteiger partial charge in [0, 0.05) is 24.9 Å². The molecule has 0 unspecified atom stereocenters. The zero-order valence-corrected chi connectivity index (χ0v) is 24.9. The second kappa shape index (κ2) is 13.4. The molecular weight excluding hydrogens is 599 g/mol. The molecule has 3 heterocycles. The van der Waals surface area contributed by atoms with Gasteiger partial charge in [0.1, 0.15) is 16.4 Å². The largest absolute Gasteiger partial charge is 0.464 e. The number of aryl methyl sites for hydroxylation is 1. The first-order valence-corrected chi connectivity index (χ1v) is 15.3. The molecule has 5 rings (SSSR count). The molecule has 44 heavy (non-hydrogen) atoms. The van der Waals surface area contributed by atoms with Crippen molar-refractivity contribution in [3.8, 4) is 0 Å². The first kappa shape index (κ1) is 31.5. The van der Waals surface area contributed by atoms with Crippen LogP contribution in [0.25, 0.3) is 0 Å². The maximum Gasteiger partial charge on any atom is 0.416 e. The van der Waals surface area contributed by atoms with E-state index < -0.39 is 35.5 Å². The molecule has 1 aromatic carbocycles. The lowest BCUT2D eigenvalue weighted by atomic mass is 9.95. The number of nitrogens with two attached hydrogens (primary N) is 1. The first-order valence-electron chi connectivity index (χ1n) is 14.6. The van der Waals surface area contributed by atoms with Crippen LogP contribution in [0.5, 0.6) is 0 Å². The number of hydrogen-bond acceptors (Lipinski definition) is 8. The van der Waals surface area contributed by atoms with Crippen LogP contribution in [0.1, 0.15) is 88.2 Å². The molecule has 0 bridgehead atoms. The van der Waals surface area contributed by atoms with E-state index in [1.807, 2.05) is 0 Å². The Morgan fingerprint density at radius 3 is 2.55 bits per heavy atom. The van der Waals surface area contributed by atoms with Gasteiger partial charge < -0.3 is 25.5 Å². The van der Waals surface area contributed by atoms with E-state index in [4.69, 9.17) is 14.9 Å². The summed E-state index contributed by atoms with van der Waals surface area (Å²) in [5.74, 6) is -1.70. The van der Waals surface area contributed by atoms with Gasteiger partial charge in [-0.05, 0) is 74.5 Å². The average molecular weight is 634 g/mol. The number of ether oxygens (including phenoxy) is 1. The fraction of sp³-hybridized carbons (Fsp3) is 0.467. The first-order chi connectivity index (χ1) is 21.0. The topological polar surface area (TPSA) is 140 Å². The number of amides is 3. The number of nitrogens with one attached hydrogen (secondary N) is 2. The van der Waals surface area contributed by atoms with Crippen LogP contribution in [0.4, 0.5) is 24.5 Å². The van der Waals surface area contributed by atoms with Crippen molar-refractivity contribution in [2.24, 2.45) is 0 Å². The molecule has 3 aromatic rings. The zero-order chi connectivity index (χ0) is 31.4. The van der Waals surface area contributed by atoms with Crippen LogP contribution in [-0.4, -0.2) is 47.4 Å². The Balaban J connectivity index is 1.54. The standard InChI is InChI=1S/C30H34F3N5O5S/c1-17-12-13-22(43-17)25(28(40)35-16-21-11-6-14-42-21)38(20-10-5-7-18(15-20)30(31,32)33)29(41)26-23(34)24(37-44-26)27(39)36-19-8-3-2-4-9-19/h5,7,10,12-13,15,19,21,25H,2-4,6,8-9,11,14,16,34H2,1H3,(H,35,40)(H,36,39)/t21-,25-/m0/s1. The van der Waals surface area contributed by atoms with Crippen molar-refractivity contribution < 1.29 is 36.7 Å². The van der Waals surface area contributed by atoms with Crippen LogP contribution in [0.15, 0.2) is 40.8 Å². The van der Waals surface area contributed by atoms with Gasteiger partial charge in [0.05, 0.1) is 17.4 Å². The summed E-state index contributed by atoms with van der Waals surface area (Å²) >= 11 is 0.639. The van der Waals surface area contributed by atoms with E-state index in [0.29, 0.717) is 23.9 Å². The van der Waals surface area contributed by atoms with E-state index >= 15 is 0 Å². The molecule has 0 radical (unpaired) electrons. The summed E-state index contributed by atoms with van der Waals surface area (Å²) in [6, 6.07) is 5.58. The van der Waals surface area contributed by atoms with Gasteiger partial charge in [0.2, 0.25) is 0 Å². The Hall–Kier alpha value is -3.91. The number of alkyl halides is 3. The van der Waals surface area contributed by atoms with Gasteiger partial charge in [0.25, 0.3) is 17.7 Å². The lowest BCUT2D eigenvalue weighted by molar-refractivity contribution is -0.137. The second-order valence-corrected chi connectivity index (χ2v) is 11.8. The van der Waals surface area contributed by atoms with Crippen molar-refractivity contribution in [3.05, 3.63) is 64.1 Å². The normalized spacial score (nSPS) is 18.1. The van der Waals surface area contributed by atoms with Gasteiger partial charge in [0.15, 0.2) is 11.7 Å². The molecule has 2 atom stereocenters. The molecule has 0 spiro atoms. The van der Waals surface area contributed by atoms with Gasteiger partial charge in [-0.15, -0.1) is 0 Å². The van der Waals surface area contributed by atoms with Crippen molar-refractivity contribution in [1.29, 1.82) is 0 Å². The Morgan fingerprint density at radius 2 is 1.89 bits per heavy atom. The summed E-state index contributed by atoms with van der Waals surface area (Å²) in [6.45, 7) is 2.32. The maximum atomic E-state index is 14.3. The number of anilines is 2. The van der Waals surface area contributed by atoms with Crippen molar-refractivity contribution in [2.75, 3.05) is 23.8 Å². The quantitative estimate of drug-likeness (QED) is 0.287. The molecule has 1 aliphatic carbocycles. The molecule has 1 saturated heterocycles. The zero-order valence-electron chi connectivity index (χ0n) is 24.1. The number of halogens is 3. The van der Waals surface area contributed by atoms with Crippen LogP contribution in [0.3, 0.4) is 0 Å². The molecule has 2 fully saturated rings. The van der Waals surface area contributed by atoms with Gasteiger partial charge in [-0.25, -0.2) is 0 Å². The minimum absolute atomic E-state index is 0.0245. The third-order valence-corrected chi connectivity index (χ3v) is 8.66. The molecule has 14 heteroatoms. The number of rotatable bonds is 9. The summed E-state index contributed by atoms with van der Waals surface area (Å²) < 4.78 is 56.9. The highest BCUT2D eigenvalue weighted by atomic mass is 32.1. The monoisotopic (exact) mass is 633 g/mol. The SMILES string of the molecule is Cc1ccc([C@@H](C(=O)NC[C@@H]2CCCO2)N(C(=O)c2snc(C(=O)NC3CCCCC3)c2N)c2cccc(C(F)(F)F)c2)o1. The molecule has 4 N–H and O–H groups in total. The predicted octanol–water partition coefficient (Wildman–Crippen LogP) is 5.39. The third kappa shape index (κ3) is 7.07. The number of carbonyl (C=O) groups is 3. The minimum atomic E-state index is -4.72. The average Bonchev–Trinajstić information content (AvgIpc) is 3.76. The van der Waals surface area contributed by atoms with E-state index in [9.17, 15) is 27.6 Å². The van der Waals surface area contributed by atoms with E-state index in [2.05, 4.69) is 15.0 Å². The van der Waals surface area contributed by atoms with Crippen LogP contribution in [-0.2, 0) is 15.7 Å². The smallest absolute Gasteiger partial charge is 0.416 e. The van der Waals surface area contributed by atoms with Crippen molar-refractivity contribution in [2.45, 2.75) is 76.2 Å². The number of hydrogen-bond donors (Lipinski definition) is 3. The number of aromatic nitrogens is 1. The molecule has 2 aromatic heterocycles. The molecule has 3 amide bonds. The fourth-order valence-corrected chi connectivity index (χ4v) is 6.27. The van der Waals surface area contributed by atoms with Crippen LogP contribution < -0.4 is 21.3 Å². The number of furan rings is 1. The molecule has 10 nitrogen and oxygen atoms in total. The van der Waals surface area contributed by atoms with Crippen LogP contribution in [0, 0.1) is 6.92 Å². The lowest BCUT2D eigenvalue weighted by Crippen LogP contribution is -2.45. The van der Waals surface area contributed by atoms with Crippen molar-refractivity contribution >= 4 is 40.6 Å². The number of nitrogen functional groups attached to an aromatic ring is 1. The van der Waals surface area contributed by atoms with E-state index in [0.717, 1.165) is 68.0 Å². The molecule has 236 valence electrons. The molecule has 1 saturated carbocycles. The van der Waals surface area contributed by atoms with Gasteiger partial charge in [-0.3, -0.25) is 19.3 Å². The highest BCUT2D eigenvalue weighted by Gasteiger charge is 2.40. The number of nitrogens with zero attached hydrogens (tertiary/aromatic N) is 2. The van der Waals surface area contributed by atoms with Gasteiger partial charge in [-0.1, -0.05) is 25.3 Å². The highest BCUT2D eigenvalue weighted by Crippen LogP contribution is 2.37. The summed E-state index contributed by atoms with van der Waals surface area (Å²) in [6.07, 6.45) is 1.28. The predicted molar refractivity (Wildman–Crippen MR) is 157 cm³/mol. The minimum Gasteiger partial charge on any atom is -0.464 e. The van der Waals surface area contributed by atoms with E-state index in [1.54, 1.807) is 13.0 Å². The van der Waals surface area contributed by atoms with E-state index in [1.165, 1.54) is 12.1 Å². The molecule has 1 aliphatic heterocycles. The van der Waals surface area contributed by atoms with E-state index in [-0.39, 0.29) is 46.4 Å². The molecule has 2 aliphatic rings. The van der Waals surface area contributed by atoms with Gasteiger partial charge >= 0.3 is 6.18 Å². The summed E-state index contributed by atoms with van der Waals surface area (Å²) in [5.41, 5.74) is 4.68. The number of benzene rings is 1. The lowest BCUT2D eigenvalue weighted by Gasteiger charge is -2.30. The Labute approximate surface area is 256 Å². The van der Waals surface area contributed by atoms with Crippen molar-refractivity contribution in [1.82, 2.24) is 15.0 Å². The van der Waals surface area contributed by atoms with Gasteiger partial charge in [-0.2, -0.15) is 17.5 Å². The second-order valence-electron chi connectivity index (χ2n) is 11.0.